The lowest BCUT2D eigenvalue weighted by atomic mass is 10.1. The standard InChI is InChI=1S/C13H21N3O/c1-10(2)8-16-13(17)9-15-11(3)12-4-6-14-7-5-12/h4-7,10-11,15H,8-9H2,1-3H3,(H,16,17)/t11-/m1/s1. The van der Waals surface area contributed by atoms with E-state index in [-0.39, 0.29) is 11.9 Å². The molecule has 0 fully saturated rings. The molecule has 94 valence electrons. The van der Waals surface area contributed by atoms with Crippen LogP contribution in [0.25, 0.3) is 0 Å². The van der Waals surface area contributed by atoms with Crippen LogP contribution in [0.5, 0.6) is 0 Å². The Labute approximate surface area is 103 Å². The summed E-state index contributed by atoms with van der Waals surface area (Å²) in [6.45, 7) is 7.26. The molecule has 0 bridgehead atoms. The minimum absolute atomic E-state index is 0.0413. The maximum atomic E-state index is 11.5. The van der Waals surface area contributed by atoms with E-state index in [1.165, 1.54) is 0 Å². The number of carbonyl (C=O) groups is 1. The van der Waals surface area contributed by atoms with Crippen LogP contribution in [-0.2, 0) is 4.79 Å². The highest BCUT2D eigenvalue weighted by molar-refractivity contribution is 5.78. The molecule has 1 atom stereocenters. The van der Waals surface area contributed by atoms with Crippen molar-refractivity contribution in [3.8, 4) is 0 Å². The molecule has 2 N–H and O–H groups in total. The van der Waals surface area contributed by atoms with Crippen molar-refractivity contribution < 1.29 is 4.79 Å². The lowest BCUT2D eigenvalue weighted by Crippen LogP contribution is -2.36. The summed E-state index contributed by atoms with van der Waals surface area (Å²) in [4.78, 5) is 15.5. The van der Waals surface area contributed by atoms with Gasteiger partial charge < -0.3 is 10.6 Å². The Bertz CT molecular complexity index is 338. The fraction of sp³-hybridized carbons (Fsp3) is 0.538. The zero-order chi connectivity index (χ0) is 12.7. The highest BCUT2D eigenvalue weighted by atomic mass is 16.1. The van der Waals surface area contributed by atoms with Crippen LogP contribution >= 0.6 is 0 Å². The molecule has 1 rings (SSSR count). The minimum atomic E-state index is 0.0413. The van der Waals surface area contributed by atoms with E-state index in [0.717, 1.165) is 12.1 Å². The van der Waals surface area contributed by atoms with Crippen LogP contribution in [-0.4, -0.2) is 24.0 Å². The van der Waals surface area contributed by atoms with Gasteiger partial charge in [-0.3, -0.25) is 9.78 Å². The van der Waals surface area contributed by atoms with Crippen LogP contribution in [0, 0.1) is 5.92 Å². The molecule has 0 aliphatic rings. The summed E-state index contributed by atoms with van der Waals surface area (Å²) in [7, 11) is 0. The smallest absolute Gasteiger partial charge is 0.233 e. The molecule has 0 saturated heterocycles. The third-order valence-corrected chi connectivity index (χ3v) is 2.48. The zero-order valence-corrected chi connectivity index (χ0v) is 10.7. The molecular weight excluding hydrogens is 214 g/mol. The van der Waals surface area contributed by atoms with E-state index in [9.17, 15) is 4.79 Å². The minimum Gasteiger partial charge on any atom is -0.355 e. The van der Waals surface area contributed by atoms with Gasteiger partial charge in [0.2, 0.25) is 5.91 Å². The molecule has 17 heavy (non-hydrogen) atoms. The highest BCUT2D eigenvalue weighted by Crippen LogP contribution is 2.09. The van der Waals surface area contributed by atoms with Gasteiger partial charge >= 0.3 is 0 Å². The molecule has 4 nitrogen and oxygen atoms in total. The summed E-state index contributed by atoms with van der Waals surface area (Å²) in [5.74, 6) is 0.524. The molecule has 4 heteroatoms. The monoisotopic (exact) mass is 235 g/mol. The van der Waals surface area contributed by atoms with E-state index in [2.05, 4.69) is 29.5 Å². The Morgan fingerprint density at radius 1 is 1.29 bits per heavy atom. The molecule has 0 unspecified atom stereocenters. The Morgan fingerprint density at radius 3 is 2.53 bits per heavy atom. The van der Waals surface area contributed by atoms with Gasteiger partial charge in [0, 0.05) is 25.0 Å². The predicted molar refractivity (Wildman–Crippen MR) is 68.5 cm³/mol. The van der Waals surface area contributed by atoms with Crippen LogP contribution in [0.3, 0.4) is 0 Å². The van der Waals surface area contributed by atoms with Crippen molar-refractivity contribution in [2.75, 3.05) is 13.1 Å². The van der Waals surface area contributed by atoms with Gasteiger partial charge in [-0.2, -0.15) is 0 Å². The van der Waals surface area contributed by atoms with Gasteiger partial charge in [0.25, 0.3) is 0 Å². The summed E-state index contributed by atoms with van der Waals surface area (Å²) in [5.41, 5.74) is 1.14. The van der Waals surface area contributed by atoms with Crippen molar-refractivity contribution in [3.05, 3.63) is 30.1 Å². The van der Waals surface area contributed by atoms with Gasteiger partial charge in [-0.1, -0.05) is 13.8 Å². The summed E-state index contributed by atoms with van der Waals surface area (Å²) in [6.07, 6.45) is 3.51. The molecule has 1 aromatic heterocycles. The van der Waals surface area contributed by atoms with Gasteiger partial charge in [-0.15, -0.1) is 0 Å². The molecule has 1 heterocycles. The second kappa shape index (κ2) is 7.01. The van der Waals surface area contributed by atoms with E-state index >= 15 is 0 Å². The highest BCUT2D eigenvalue weighted by Gasteiger charge is 2.07. The van der Waals surface area contributed by atoms with Gasteiger partial charge in [0.1, 0.15) is 0 Å². The van der Waals surface area contributed by atoms with Gasteiger partial charge in [0.15, 0.2) is 0 Å². The van der Waals surface area contributed by atoms with Crippen molar-refractivity contribution in [2.45, 2.75) is 26.8 Å². The maximum Gasteiger partial charge on any atom is 0.233 e. The summed E-state index contributed by atoms with van der Waals surface area (Å²) in [6, 6.07) is 4.05. The number of amides is 1. The normalized spacial score (nSPS) is 12.5. The first-order valence-corrected chi connectivity index (χ1v) is 5.99. The van der Waals surface area contributed by atoms with Crippen molar-refractivity contribution in [1.82, 2.24) is 15.6 Å². The number of carbonyl (C=O) groups excluding carboxylic acids is 1. The van der Waals surface area contributed by atoms with E-state index in [1.807, 2.05) is 19.1 Å². The SMILES string of the molecule is CC(C)CNC(=O)CN[C@H](C)c1ccncc1. The van der Waals surface area contributed by atoms with Crippen LogP contribution in [0.4, 0.5) is 0 Å². The molecule has 0 saturated carbocycles. The fourth-order valence-electron chi connectivity index (χ4n) is 1.40. The Kier molecular flexibility index (Phi) is 5.63. The Balaban J connectivity index is 2.29. The average molecular weight is 235 g/mol. The molecule has 1 amide bonds. The lowest BCUT2D eigenvalue weighted by molar-refractivity contribution is -0.120. The molecule has 0 radical (unpaired) electrons. The number of nitrogens with one attached hydrogen (secondary N) is 2. The third-order valence-electron chi connectivity index (χ3n) is 2.48. The first-order valence-electron chi connectivity index (χ1n) is 5.99. The van der Waals surface area contributed by atoms with E-state index in [1.54, 1.807) is 12.4 Å². The predicted octanol–water partition coefficient (Wildman–Crippen LogP) is 1.50. The number of rotatable bonds is 6. The topological polar surface area (TPSA) is 54.0 Å². The van der Waals surface area contributed by atoms with Gasteiger partial charge in [0.05, 0.1) is 6.54 Å². The third kappa shape index (κ3) is 5.45. The largest absolute Gasteiger partial charge is 0.355 e. The fourth-order valence-corrected chi connectivity index (χ4v) is 1.40. The molecule has 0 spiro atoms. The Hall–Kier alpha value is -1.42. The van der Waals surface area contributed by atoms with Crippen molar-refractivity contribution in [1.29, 1.82) is 0 Å². The first kappa shape index (κ1) is 13.6. The Morgan fingerprint density at radius 2 is 1.94 bits per heavy atom. The van der Waals surface area contributed by atoms with Gasteiger partial charge in [-0.05, 0) is 30.5 Å². The number of pyridine rings is 1. The van der Waals surface area contributed by atoms with Crippen LogP contribution in [0.2, 0.25) is 0 Å². The summed E-state index contributed by atoms with van der Waals surface area (Å²) < 4.78 is 0. The average Bonchev–Trinajstić information content (AvgIpc) is 2.34. The second-order valence-corrected chi connectivity index (χ2v) is 4.58. The summed E-state index contributed by atoms with van der Waals surface area (Å²) in [5, 5.41) is 6.06. The van der Waals surface area contributed by atoms with Crippen molar-refractivity contribution in [3.63, 3.8) is 0 Å². The number of aromatic nitrogens is 1. The molecule has 0 aliphatic heterocycles. The van der Waals surface area contributed by atoms with Crippen LogP contribution in [0.1, 0.15) is 32.4 Å². The van der Waals surface area contributed by atoms with Crippen molar-refractivity contribution >= 4 is 5.91 Å². The van der Waals surface area contributed by atoms with E-state index < -0.39 is 0 Å². The van der Waals surface area contributed by atoms with Crippen molar-refractivity contribution in [2.24, 2.45) is 5.92 Å². The quantitative estimate of drug-likeness (QED) is 0.785. The number of hydrogen-bond acceptors (Lipinski definition) is 3. The zero-order valence-electron chi connectivity index (χ0n) is 10.7. The molecule has 1 aromatic rings. The number of nitrogens with zero attached hydrogens (tertiary/aromatic N) is 1. The molecule has 0 aromatic carbocycles. The lowest BCUT2D eigenvalue weighted by Gasteiger charge is -2.14. The van der Waals surface area contributed by atoms with Gasteiger partial charge in [-0.25, -0.2) is 0 Å². The molecular formula is C13H21N3O. The first-order chi connectivity index (χ1) is 8.09. The van der Waals surface area contributed by atoms with E-state index in [4.69, 9.17) is 0 Å². The van der Waals surface area contributed by atoms with Crippen LogP contribution in [0.15, 0.2) is 24.5 Å². The number of hydrogen-bond donors (Lipinski definition) is 2. The van der Waals surface area contributed by atoms with Crippen LogP contribution < -0.4 is 10.6 Å². The summed E-state index contributed by atoms with van der Waals surface area (Å²) >= 11 is 0. The molecule has 0 aliphatic carbocycles. The van der Waals surface area contributed by atoms with E-state index in [0.29, 0.717) is 12.5 Å². The maximum absolute atomic E-state index is 11.5. The second-order valence-electron chi connectivity index (χ2n) is 4.58.